The first kappa shape index (κ1) is 15.3. The number of hydrogen-bond acceptors (Lipinski definition) is 4. The van der Waals surface area contributed by atoms with Crippen LogP contribution in [0.4, 0.5) is 0 Å². The molecule has 19 heavy (non-hydrogen) atoms. The lowest BCUT2D eigenvalue weighted by molar-refractivity contribution is -0.121. The lowest BCUT2D eigenvalue weighted by Gasteiger charge is -2.12. The van der Waals surface area contributed by atoms with E-state index in [1.807, 2.05) is 25.1 Å². The normalized spacial score (nSPS) is 10.1. The van der Waals surface area contributed by atoms with Crippen LogP contribution in [0, 0.1) is 0 Å². The molecule has 1 amide bonds. The summed E-state index contributed by atoms with van der Waals surface area (Å²) in [5.41, 5.74) is 6.62. The molecule has 0 radical (unpaired) electrons. The number of hydrogen-bond donors (Lipinski definition) is 2. The number of carbonyl (C=O) groups excluding carboxylic acids is 1. The van der Waals surface area contributed by atoms with Gasteiger partial charge in [0.2, 0.25) is 5.91 Å². The fraction of sp³-hybridized carbons (Fsp3) is 0.500. The first-order valence-electron chi connectivity index (χ1n) is 6.47. The molecule has 0 aliphatic heterocycles. The first-order chi connectivity index (χ1) is 9.21. The number of rotatable bonds is 8. The molecule has 0 saturated heterocycles. The molecule has 1 aromatic carbocycles. The van der Waals surface area contributed by atoms with E-state index in [9.17, 15) is 4.79 Å². The average molecular weight is 266 g/mol. The third-order valence-electron chi connectivity index (χ3n) is 2.62. The van der Waals surface area contributed by atoms with E-state index >= 15 is 0 Å². The lowest BCUT2D eigenvalue weighted by Crippen LogP contribution is -2.24. The van der Waals surface area contributed by atoms with E-state index in [0.29, 0.717) is 37.6 Å². The van der Waals surface area contributed by atoms with Gasteiger partial charge in [0.25, 0.3) is 0 Å². The Balaban J connectivity index is 2.59. The Hall–Kier alpha value is -1.75. The van der Waals surface area contributed by atoms with Crippen LogP contribution < -0.4 is 20.5 Å². The van der Waals surface area contributed by atoms with Crippen LogP contribution in [-0.4, -0.2) is 32.7 Å². The van der Waals surface area contributed by atoms with Gasteiger partial charge in [0.15, 0.2) is 11.5 Å². The molecule has 0 atom stereocenters. The van der Waals surface area contributed by atoms with Crippen molar-refractivity contribution < 1.29 is 14.3 Å². The van der Waals surface area contributed by atoms with Gasteiger partial charge in [-0.25, -0.2) is 0 Å². The molecule has 5 heteroatoms. The summed E-state index contributed by atoms with van der Waals surface area (Å²) in [6, 6.07) is 5.72. The summed E-state index contributed by atoms with van der Waals surface area (Å²) in [5.74, 6) is 1.30. The van der Waals surface area contributed by atoms with Crippen molar-refractivity contribution in [3.8, 4) is 11.5 Å². The van der Waals surface area contributed by atoms with Gasteiger partial charge in [-0.15, -0.1) is 0 Å². The van der Waals surface area contributed by atoms with Crippen LogP contribution in [0.2, 0.25) is 0 Å². The Morgan fingerprint density at radius 2 is 2.16 bits per heavy atom. The standard InChI is InChI=1S/C14H22N2O3/c1-3-16-14(17)7-9-19-13-10-11(6-8-15)4-5-12(13)18-2/h4-5,10H,3,6-9,15H2,1-2H3,(H,16,17). The van der Waals surface area contributed by atoms with Gasteiger partial charge in [-0.3, -0.25) is 4.79 Å². The number of ether oxygens (including phenoxy) is 2. The maximum Gasteiger partial charge on any atom is 0.223 e. The summed E-state index contributed by atoms with van der Waals surface area (Å²) < 4.78 is 10.8. The summed E-state index contributed by atoms with van der Waals surface area (Å²) in [5, 5.41) is 2.73. The van der Waals surface area contributed by atoms with Gasteiger partial charge in [-0.2, -0.15) is 0 Å². The molecular weight excluding hydrogens is 244 g/mol. The minimum Gasteiger partial charge on any atom is -0.493 e. The number of carbonyl (C=O) groups is 1. The minimum absolute atomic E-state index is 0.0143. The third-order valence-corrected chi connectivity index (χ3v) is 2.62. The molecule has 5 nitrogen and oxygen atoms in total. The van der Waals surface area contributed by atoms with Crippen LogP contribution in [0.15, 0.2) is 18.2 Å². The van der Waals surface area contributed by atoms with Gasteiger partial charge in [0, 0.05) is 6.54 Å². The van der Waals surface area contributed by atoms with E-state index in [1.54, 1.807) is 7.11 Å². The van der Waals surface area contributed by atoms with Gasteiger partial charge < -0.3 is 20.5 Å². The van der Waals surface area contributed by atoms with Crippen LogP contribution in [0.25, 0.3) is 0 Å². The molecule has 3 N–H and O–H groups in total. The number of methoxy groups -OCH3 is 1. The molecule has 0 bridgehead atoms. The largest absolute Gasteiger partial charge is 0.493 e. The maximum atomic E-state index is 11.3. The summed E-state index contributed by atoms with van der Waals surface area (Å²) in [6.07, 6.45) is 1.12. The van der Waals surface area contributed by atoms with Crippen molar-refractivity contribution in [1.29, 1.82) is 0 Å². The molecule has 1 rings (SSSR count). The number of amides is 1. The Labute approximate surface area is 114 Å². The molecule has 0 unspecified atom stereocenters. The van der Waals surface area contributed by atoms with Crippen LogP contribution in [-0.2, 0) is 11.2 Å². The van der Waals surface area contributed by atoms with Crippen molar-refractivity contribution in [3.05, 3.63) is 23.8 Å². The van der Waals surface area contributed by atoms with Crippen LogP contribution in [0.1, 0.15) is 18.9 Å². The zero-order valence-corrected chi connectivity index (χ0v) is 11.6. The second-order valence-corrected chi connectivity index (χ2v) is 4.08. The van der Waals surface area contributed by atoms with Crippen molar-refractivity contribution in [2.24, 2.45) is 5.73 Å². The average Bonchev–Trinajstić information content (AvgIpc) is 2.40. The Morgan fingerprint density at radius 3 is 2.79 bits per heavy atom. The number of nitrogens with two attached hydrogens (primary N) is 1. The minimum atomic E-state index is -0.0143. The fourth-order valence-corrected chi connectivity index (χ4v) is 1.70. The molecule has 1 aromatic rings. The summed E-state index contributed by atoms with van der Waals surface area (Å²) in [4.78, 5) is 11.3. The smallest absolute Gasteiger partial charge is 0.223 e. The van der Waals surface area contributed by atoms with Gasteiger partial charge in [-0.1, -0.05) is 6.07 Å². The van der Waals surface area contributed by atoms with Crippen molar-refractivity contribution in [2.75, 3.05) is 26.8 Å². The van der Waals surface area contributed by atoms with Crippen molar-refractivity contribution in [1.82, 2.24) is 5.32 Å². The molecular formula is C14H22N2O3. The second kappa shape index (κ2) is 8.37. The van der Waals surface area contributed by atoms with Crippen LogP contribution >= 0.6 is 0 Å². The van der Waals surface area contributed by atoms with Gasteiger partial charge in [0.1, 0.15) is 0 Å². The second-order valence-electron chi connectivity index (χ2n) is 4.08. The van der Waals surface area contributed by atoms with Crippen LogP contribution in [0.3, 0.4) is 0 Å². The zero-order chi connectivity index (χ0) is 14.1. The van der Waals surface area contributed by atoms with Crippen molar-refractivity contribution in [2.45, 2.75) is 19.8 Å². The highest BCUT2D eigenvalue weighted by Gasteiger charge is 2.07. The molecule has 0 fully saturated rings. The fourth-order valence-electron chi connectivity index (χ4n) is 1.70. The summed E-state index contributed by atoms with van der Waals surface area (Å²) in [7, 11) is 1.59. The van der Waals surface area contributed by atoms with E-state index in [0.717, 1.165) is 12.0 Å². The summed E-state index contributed by atoms with van der Waals surface area (Å²) >= 11 is 0. The molecule has 0 aliphatic rings. The predicted molar refractivity (Wildman–Crippen MR) is 74.5 cm³/mol. The monoisotopic (exact) mass is 266 g/mol. The number of benzene rings is 1. The van der Waals surface area contributed by atoms with Crippen molar-refractivity contribution >= 4 is 5.91 Å². The third kappa shape index (κ3) is 5.18. The van der Waals surface area contributed by atoms with Gasteiger partial charge in [0.05, 0.1) is 20.1 Å². The Kier molecular flexibility index (Phi) is 6.74. The molecule has 0 aromatic heterocycles. The van der Waals surface area contributed by atoms with E-state index < -0.39 is 0 Å². The highest BCUT2D eigenvalue weighted by atomic mass is 16.5. The van der Waals surface area contributed by atoms with Gasteiger partial charge >= 0.3 is 0 Å². The SMILES string of the molecule is CCNC(=O)CCOc1cc(CCN)ccc1OC. The zero-order valence-electron chi connectivity index (χ0n) is 11.6. The van der Waals surface area contributed by atoms with E-state index in [2.05, 4.69) is 5.32 Å². The van der Waals surface area contributed by atoms with Crippen molar-refractivity contribution in [3.63, 3.8) is 0 Å². The summed E-state index contributed by atoms with van der Waals surface area (Å²) in [6.45, 7) is 3.44. The predicted octanol–water partition coefficient (Wildman–Crippen LogP) is 1.10. The highest BCUT2D eigenvalue weighted by Crippen LogP contribution is 2.28. The molecule has 0 spiro atoms. The van der Waals surface area contributed by atoms with E-state index in [1.165, 1.54) is 0 Å². The first-order valence-corrected chi connectivity index (χ1v) is 6.47. The van der Waals surface area contributed by atoms with E-state index in [4.69, 9.17) is 15.2 Å². The highest BCUT2D eigenvalue weighted by molar-refractivity contribution is 5.75. The molecule has 0 aliphatic carbocycles. The van der Waals surface area contributed by atoms with Gasteiger partial charge in [-0.05, 0) is 37.6 Å². The molecule has 0 saturated carbocycles. The molecule has 0 heterocycles. The molecule has 106 valence electrons. The quantitative estimate of drug-likeness (QED) is 0.739. The van der Waals surface area contributed by atoms with E-state index in [-0.39, 0.29) is 5.91 Å². The maximum absolute atomic E-state index is 11.3. The Bertz CT molecular complexity index is 408. The Morgan fingerprint density at radius 1 is 1.37 bits per heavy atom. The van der Waals surface area contributed by atoms with Crippen LogP contribution in [0.5, 0.6) is 11.5 Å². The lowest BCUT2D eigenvalue weighted by atomic mass is 10.1. The topological polar surface area (TPSA) is 73.6 Å². The number of nitrogens with one attached hydrogen (secondary N) is 1.